The molecule has 0 atom stereocenters. The number of hydrogen-bond donors (Lipinski definition) is 4. The first-order chi connectivity index (χ1) is 49.6. The van der Waals surface area contributed by atoms with Gasteiger partial charge in [0.15, 0.2) is 0 Å². The maximum absolute atomic E-state index is 13.7. The van der Waals surface area contributed by atoms with Crippen LogP contribution in [0.4, 0.5) is 27.1 Å². The standard InChI is InChI=1S/C21H17ClN2OS.C21H17FN2OS.2C20H17N3OS/c1-14-6-8-15(9-7-14)12-24-13-18(16-4-2-3-5-19(16)24)23-21(25)17-10-11-26-20(17)22;1-14-6-8-15(9-7-14)12-24-13-18(16-4-2-3-5-19(16)24)23-21(25)20-17(22)10-11-26-20;1-14-6-8-15(9-7-14)11-23-12-17(16-4-2-3-5-18(16)23)22-20(24)19-10-21-13-25-19;1-14-6-8-15(9-7-14)12-23-13-18(16-4-2-3-5-19(16)23)21-20(24)17-10-11-25-22-17/h2*2-11,13H,12H2,1H3,(H,23,25);2-10,12-13H,11H2,1H3,(H,22,24);2-11,13H,12H2,1H3,(H,21,24). The van der Waals surface area contributed by atoms with Gasteiger partial charge in [-0.2, -0.15) is 4.37 Å². The predicted octanol–water partition coefficient (Wildman–Crippen LogP) is 20.8. The van der Waals surface area contributed by atoms with Crippen LogP contribution in [0.5, 0.6) is 0 Å². The highest BCUT2D eigenvalue weighted by molar-refractivity contribution is 7.14. The van der Waals surface area contributed by atoms with Gasteiger partial charge in [-0.05, 0) is 115 Å². The largest absolute Gasteiger partial charge is 0.341 e. The van der Waals surface area contributed by atoms with Crippen LogP contribution in [-0.2, 0) is 26.2 Å². The van der Waals surface area contributed by atoms with E-state index in [1.165, 1.54) is 84.8 Å². The summed E-state index contributed by atoms with van der Waals surface area (Å²) in [6.07, 6.45) is 9.49. The molecule has 0 aliphatic carbocycles. The summed E-state index contributed by atoms with van der Waals surface area (Å²) in [7, 11) is 0. The minimum absolute atomic E-state index is 0.0976. The second-order valence-corrected chi connectivity index (χ2v) is 28.5. The highest BCUT2D eigenvalue weighted by atomic mass is 35.5. The number of fused-ring (bicyclic) bond motifs is 4. The molecule has 508 valence electrons. The molecule has 0 saturated heterocycles. The third kappa shape index (κ3) is 16.6. The van der Waals surface area contributed by atoms with Crippen molar-refractivity contribution in [3.05, 3.63) is 341 Å². The number of carbonyl (C=O) groups is 4. The monoisotopic (exact) mass is 1440 g/mol. The predicted molar refractivity (Wildman–Crippen MR) is 419 cm³/mol. The van der Waals surface area contributed by atoms with Crippen molar-refractivity contribution in [1.29, 1.82) is 0 Å². The molecule has 16 rings (SSSR count). The zero-order chi connectivity index (χ0) is 70.6. The van der Waals surface area contributed by atoms with Crippen molar-refractivity contribution in [2.75, 3.05) is 21.3 Å². The molecule has 0 spiro atoms. The molecule has 4 N–H and O–H groups in total. The highest BCUT2D eigenvalue weighted by Gasteiger charge is 2.20. The molecule has 16 aromatic rings. The molecule has 0 fully saturated rings. The van der Waals surface area contributed by atoms with Gasteiger partial charge in [0.25, 0.3) is 23.6 Å². The van der Waals surface area contributed by atoms with E-state index in [-0.39, 0.29) is 22.6 Å². The van der Waals surface area contributed by atoms with Gasteiger partial charge in [0.05, 0.1) is 62.1 Å². The molecule has 8 aromatic carbocycles. The van der Waals surface area contributed by atoms with Crippen LogP contribution in [-0.4, -0.2) is 51.3 Å². The fourth-order valence-electron chi connectivity index (χ4n) is 11.8. The molecule has 4 amide bonds. The first-order valence-electron chi connectivity index (χ1n) is 32.7. The quantitative estimate of drug-likeness (QED) is 0.0753. The van der Waals surface area contributed by atoms with Crippen molar-refractivity contribution < 1.29 is 23.6 Å². The van der Waals surface area contributed by atoms with Crippen LogP contribution >= 0.6 is 57.1 Å². The van der Waals surface area contributed by atoms with E-state index in [1.54, 1.807) is 34.6 Å². The lowest BCUT2D eigenvalue weighted by Gasteiger charge is -2.06. The van der Waals surface area contributed by atoms with Gasteiger partial charge in [0.2, 0.25) is 0 Å². The topological polar surface area (TPSA) is 162 Å². The molecule has 8 heterocycles. The smallest absolute Gasteiger partial charge is 0.275 e. The molecule has 0 bridgehead atoms. The third-order valence-electron chi connectivity index (χ3n) is 17.1. The Hall–Kier alpha value is -11.3. The number of aromatic nitrogens is 6. The summed E-state index contributed by atoms with van der Waals surface area (Å²) in [5.41, 5.74) is 19.8. The van der Waals surface area contributed by atoms with Gasteiger partial charge >= 0.3 is 0 Å². The Kier molecular flexibility index (Phi) is 21.6. The Bertz CT molecular complexity index is 5230. The summed E-state index contributed by atoms with van der Waals surface area (Å²) >= 11 is 11.2. The fraction of sp³-hybridized carbons (Fsp3) is 0.0976. The van der Waals surface area contributed by atoms with Crippen LogP contribution in [0.3, 0.4) is 0 Å². The maximum Gasteiger partial charge on any atom is 0.275 e. The van der Waals surface area contributed by atoms with Gasteiger partial charge in [-0.25, -0.2) is 4.39 Å². The summed E-state index contributed by atoms with van der Waals surface area (Å²) in [6.45, 7) is 11.3. The molecule has 0 aliphatic rings. The van der Waals surface area contributed by atoms with Crippen molar-refractivity contribution in [3.63, 3.8) is 0 Å². The maximum atomic E-state index is 13.7. The number of nitrogens with zero attached hydrogens (tertiary/aromatic N) is 6. The Labute approximate surface area is 609 Å². The normalized spacial score (nSPS) is 11.0. The Morgan fingerprint density at radius 3 is 1.10 bits per heavy atom. The van der Waals surface area contributed by atoms with Crippen LogP contribution in [0.15, 0.2) is 265 Å². The van der Waals surface area contributed by atoms with Crippen molar-refractivity contribution in [2.45, 2.75) is 53.9 Å². The number of aryl methyl sites for hydroxylation is 4. The summed E-state index contributed by atoms with van der Waals surface area (Å²) in [6, 6.07) is 70.8. The van der Waals surface area contributed by atoms with Crippen molar-refractivity contribution in [3.8, 4) is 0 Å². The van der Waals surface area contributed by atoms with Crippen LogP contribution < -0.4 is 21.3 Å². The van der Waals surface area contributed by atoms with E-state index in [9.17, 15) is 23.6 Å². The summed E-state index contributed by atoms with van der Waals surface area (Å²) in [4.78, 5) is 54.3. The fourth-order valence-corrected chi connectivity index (χ4v) is 14.4. The number of carbonyl (C=O) groups excluding carboxylic acids is 4. The van der Waals surface area contributed by atoms with E-state index in [0.717, 1.165) is 91.6 Å². The number of amides is 4. The molecular weight excluding hydrogens is 1370 g/mol. The second-order valence-electron chi connectivity index (χ2n) is 24.5. The molecule has 102 heavy (non-hydrogen) atoms. The molecule has 0 aliphatic heterocycles. The highest BCUT2D eigenvalue weighted by Crippen LogP contribution is 2.33. The molecule has 0 radical (unpaired) electrons. The van der Waals surface area contributed by atoms with Gasteiger partial charge in [-0.1, -0.05) is 204 Å². The summed E-state index contributed by atoms with van der Waals surface area (Å²) < 4.78 is 26.9. The molecule has 14 nitrogen and oxygen atoms in total. The van der Waals surface area contributed by atoms with E-state index >= 15 is 0 Å². The number of anilines is 4. The summed E-state index contributed by atoms with van der Waals surface area (Å²) in [5.74, 6) is -1.40. The number of thiophene rings is 2. The van der Waals surface area contributed by atoms with E-state index in [1.807, 2.05) is 109 Å². The number of nitrogens with one attached hydrogen (secondary N) is 4. The van der Waals surface area contributed by atoms with Crippen LogP contribution in [0.1, 0.15) is 84.7 Å². The lowest BCUT2D eigenvalue weighted by molar-refractivity contribution is 0.101. The van der Waals surface area contributed by atoms with Crippen molar-refractivity contribution >= 4 is 147 Å². The number of rotatable bonds is 16. The average molecular weight is 1440 g/mol. The van der Waals surface area contributed by atoms with Crippen LogP contribution in [0, 0.1) is 33.5 Å². The molecule has 0 unspecified atom stereocenters. The first-order valence-corrected chi connectivity index (χ1v) is 36.5. The zero-order valence-electron chi connectivity index (χ0n) is 55.9. The van der Waals surface area contributed by atoms with Gasteiger partial charge in [0, 0.05) is 77.9 Å². The Morgan fingerprint density at radius 1 is 0.402 bits per heavy atom. The van der Waals surface area contributed by atoms with E-state index < -0.39 is 11.7 Å². The molecule has 20 heteroatoms. The third-order valence-corrected chi connectivity index (χ3v) is 20.4. The van der Waals surface area contributed by atoms with E-state index in [2.05, 4.69) is 192 Å². The number of benzene rings is 8. The molecule has 0 saturated carbocycles. The zero-order valence-corrected chi connectivity index (χ0v) is 60.0. The molecular formula is C82H68ClFN10O4S4. The van der Waals surface area contributed by atoms with E-state index in [0.29, 0.717) is 32.7 Å². The first kappa shape index (κ1) is 69.2. The number of halogens is 2. The Morgan fingerprint density at radius 2 is 0.765 bits per heavy atom. The Balaban J connectivity index is 0.000000121. The molecule has 8 aromatic heterocycles. The second kappa shape index (κ2) is 31.9. The minimum Gasteiger partial charge on any atom is -0.341 e. The van der Waals surface area contributed by atoms with Gasteiger partial charge in [-0.15, -0.1) is 34.0 Å². The summed E-state index contributed by atoms with van der Waals surface area (Å²) in [5, 5.41) is 21.1. The minimum atomic E-state index is -0.490. The average Bonchev–Trinajstić information content (AvgIpc) is 1.67. The van der Waals surface area contributed by atoms with Gasteiger partial charge in [0.1, 0.15) is 25.6 Å². The van der Waals surface area contributed by atoms with Gasteiger partial charge in [-0.3, -0.25) is 24.2 Å². The lowest BCUT2D eigenvalue weighted by atomic mass is 10.1. The van der Waals surface area contributed by atoms with Crippen LogP contribution in [0.2, 0.25) is 4.34 Å². The SMILES string of the molecule is Cc1ccc(Cn2cc(NC(=O)c3ccsc3Cl)c3ccccc32)cc1.Cc1ccc(Cn2cc(NC(=O)c3ccsn3)c3ccccc32)cc1.Cc1ccc(Cn2cc(NC(=O)c3cncs3)c3ccccc32)cc1.Cc1ccc(Cn2cc(NC(=O)c3sccc3F)c3ccccc32)cc1. The van der Waals surface area contributed by atoms with E-state index in [4.69, 9.17) is 11.6 Å². The van der Waals surface area contributed by atoms with Gasteiger partial charge < -0.3 is 39.5 Å². The number of thiazole rings is 1. The number of para-hydroxylation sites is 4. The van der Waals surface area contributed by atoms with Crippen LogP contribution in [0.25, 0.3) is 43.6 Å². The van der Waals surface area contributed by atoms with Crippen molar-refractivity contribution in [2.24, 2.45) is 0 Å². The van der Waals surface area contributed by atoms with Crippen molar-refractivity contribution in [1.82, 2.24) is 27.6 Å². The lowest BCUT2D eigenvalue weighted by Crippen LogP contribution is -2.11. The number of hydrogen-bond acceptors (Lipinski definition) is 10.